The number of nitrogens with two attached hydrogens (primary N) is 1. The number of nitrogens with zero attached hydrogens (tertiary/aromatic N) is 2. The number of amides is 2. The van der Waals surface area contributed by atoms with Crippen molar-refractivity contribution in [3.8, 4) is 0 Å². The van der Waals surface area contributed by atoms with Crippen molar-refractivity contribution in [2.24, 2.45) is 5.73 Å². The van der Waals surface area contributed by atoms with E-state index in [1.807, 2.05) is 0 Å². The molecule has 1 aromatic rings. The van der Waals surface area contributed by atoms with Gasteiger partial charge in [-0.15, -0.1) is 12.4 Å². The standard InChI is InChI=1S/C16H23N3O4.ClH/c17-10-13-9-12(11-23-13)15(20)19-4-2-1-3-14(19)16(21)18-5-7-22-8-6-18;/h9,11,14H,1-8,10,17H2;1H. The zero-order chi connectivity index (χ0) is 16.2. The fourth-order valence-electron chi connectivity index (χ4n) is 3.19. The summed E-state index contributed by atoms with van der Waals surface area (Å²) in [6.45, 7) is 3.18. The van der Waals surface area contributed by atoms with E-state index < -0.39 is 0 Å². The lowest BCUT2D eigenvalue weighted by molar-refractivity contribution is -0.141. The molecule has 0 spiro atoms. The first-order valence-corrected chi connectivity index (χ1v) is 8.15. The zero-order valence-corrected chi connectivity index (χ0v) is 14.4. The third-order valence-corrected chi connectivity index (χ3v) is 4.47. The summed E-state index contributed by atoms with van der Waals surface area (Å²) in [5.41, 5.74) is 5.99. The molecule has 3 rings (SSSR count). The third kappa shape index (κ3) is 3.91. The topological polar surface area (TPSA) is 89.0 Å². The molecule has 24 heavy (non-hydrogen) atoms. The normalized spacial score (nSPS) is 21.3. The number of rotatable bonds is 3. The van der Waals surface area contributed by atoms with Crippen molar-refractivity contribution >= 4 is 24.2 Å². The number of piperidine rings is 1. The SMILES string of the molecule is Cl.NCc1cc(C(=O)N2CCCCC2C(=O)N2CCOCC2)co1. The Morgan fingerprint density at radius 1 is 1.21 bits per heavy atom. The summed E-state index contributed by atoms with van der Waals surface area (Å²) < 4.78 is 10.6. The number of carbonyl (C=O) groups is 2. The quantitative estimate of drug-likeness (QED) is 0.872. The van der Waals surface area contributed by atoms with Crippen LogP contribution in [0.25, 0.3) is 0 Å². The molecule has 0 bridgehead atoms. The van der Waals surface area contributed by atoms with E-state index in [2.05, 4.69) is 0 Å². The van der Waals surface area contributed by atoms with Crippen LogP contribution in [0.15, 0.2) is 16.7 Å². The van der Waals surface area contributed by atoms with Crippen LogP contribution in [0, 0.1) is 0 Å². The molecule has 1 unspecified atom stereocenters. The van der Waals surface area contributed by atoms with Crippen molar-refractivity contribution in [2.45, 2.75) is 31.8 Å². The summed E-state index contributed by atoms with van der Waals surface area (Å²) in [4.78, 5) is 29.0. The van der Waals surface area contributed by atoms with Gasteiger partial charge in [-0.25, -0.2) is 0 Å². The fraction of sp³-hybridized carbons (Fsp3) is 0.625. The van der Waals surface area contributed by atoms with Crippen LogP contribution in [0.4, 0.5) is 0 Å². The molecule has 2 aliphatic heterocycles. The van der Waals surface area contributed by atoms with E-state index >= 15 is 0 Å². The van der Waals surface area contributed by atoms with Crippen molar-refractivity contribution in [3.63, 3.8) is 0 Å². The van der Waals surface area contributed by atoms with E-state index in [1.54, 1.807) is 15.9 Å². The van der Waals surface area contributed by atoms with Gasteiger partial charge in [0.1, 0.15) is 18.1 Å². The van der Waals surface area contributed by atoms with Gasteiger partial charge in [0.15, 0.2) is 0 Å². The van der Waals surface area contributed by atoms with E-state index in [1.165, 1.54) is 6.26 Å². The number of carbonyl (C=O) groups excluding carboxylic acids is 2. The second kappa shape index (κ2) is 8.50. The van der Waals surface area contributed by atoms with Gasteiger partial charge < -0.3 is 24.7 Å². The monoisotopic (exact) mass is 357 g/mol. The number of likely N-dealkylation sites (tertiary alicyclic amines) is 1. The molecule has 3 heterocycles. The first-order valence-electron chi connectivity index (χ1n) is 8.15. The zero-order valence-electron chi connectivity index (χ0n) is 13.6. The summed E-state index contributed by atoms with van der Waals surface area (Å²) in [5, 5.41) is 0. The van der Waals surface area contributed by atoms with Gasteiger partial charge in [0.05, 0.1) is 25.3 Å². The molecular weight excluding hydrogens is 334 g/mol. The minimum atomic E-state index is -0.384. The van der Waals surface area contributed by atoms with Gasteiger partial charge in [0.2, 0.25) is 5.91 Å². The van der Waals surface area contributed by atoms with Crippen LogP contribution >= 0.6 is 12.4 Å². The molecule has 1 aromatic heterocycles. The van der Waals surface area contributed by atoms with Crippen LogP contribution in [0.1, 0.15) is 35.4 Å². The van der Waals surface area contributed by atoms with Gasteiger partial charge in [0, 0.05) is 19.6 Å². The molecule has 2 aliphatic rings. The molecular formula is C16H24ClN3O4. The van der Waals surface area contributed by atoms with Crippen molar-refractivity contribution < 1.29 is 18.7 Å². The first kappa shape index (κ1) is 18.8. The minimum absolute atomic E-state index is 0. The summed E-state index contributed by atoms with van der Waals surface area (Å²) >= 11 is 0. The molecule has 0 aliphatic carbocycles. The second-order valence-electron chi connectivity index (χ2n) is 5.95. The molecule has 0 radical (unpaired) electrons. The van der Waals surface area contributed by atoms with Crippen LogP contribution in [0.5, 0.6) is 0 Å². The summed E-state index contributed by atoms with van der Waals surface area (Å²) in [5.74, 6) is 0.449. The average molecular weight is 358 g/mol. The molecule has 0 aromatic carbocycles. The van der Waals surface area contributed by atoms with Crippen LogP contribution < -0.4 is 5.73 Å². The van der Waals surface area contributed by atoms with Crippen LogP contribution in [0.2, 0.25) is 0 Å². The minimum Gasteiger partial charge on any atom is -0.467 e. The fourth-order valence-corrected chi connectivity index (χ4v) is 3.19. The highest BCUT2D eigenvalue weighted by atomic mass is 35.5. The van der Waals surface area contributed by atoms with Gasteiger partial charge in [0.25, 0.3) is 5.91 Å². The maximum absolute atomic E-state index is 12.8. The van der Waals surface area contributed by atoms with Crippen molar-refractivity contribution in [1.82, 2.24) is 9.80 Å². The lowest BCUT2D eigenvalue weighted by Crippen LogP contribution is -2.55. The van der Waals surface area contributed by atoms with Gasteiger partial charge in [-0.1, -0.05) is 0 Å². The second-order valence-corrected chi connectivity index (χ2v) is 5.95. The molecule has 2 fully saturated rings. The number of halogens is 1. The Kier molecular flexibility index (Phi) is 6.65. The van der Waals surface area contributed by atoms with Crippen LogP contribution in [0.3, 0.4) is 0 Å². The Labute approximate surface area is 147 Å². The maximum Gasteiger partial charge on any atom is 0.257 e. The Hall–Kier alpha value is -1.57. The highest BCUT2D eigenvalue weighted by Gasteiger charge is 2.36. The number of hydrogen-bond acceptors (Lipinski definition) is 5. The number of morpholine rings is 1. The number of furan rings is 1. The third-order valence-electron chi connectivity index (χ3n) is 4.47. The smallest absolute Gasteiger partial charge is 0.257 e. The van der Waals surface area contributed by atoms with Gasteiger partial charge >= 0.3 is 0 Å². The van der Waals surface area contributed by atoms with Gasteiger partial charge in [-0.3, -0.25) is 9.59 Å². The van der Waals surface area contributed by atoms with Gasteiger partial charge in [-0.05, 0) is 25.3 Å². The molecule has 2 N–H and O–H groups in total. The predicted molar refractivity (Wildman–Crippen MR) is 89.9 cm³/mol. The highest BCUT2D eigenvalue weighted by molar-refractivity contribution is 5.97. The van der Waals surface area contributed by atoms with E-state index in [9.17, 15) is 9.59 Å². The molecule has 2 amide bonds. The largest absolute Gasteiger partial charge is 0.467 e. The summed E-state index contributed by atoms with van der Waals surface area (Å²) in [7, 11) is 0. The van der Waals surface area contributed by atoms with Crippen molar-refractivity contribution in [2.75, 3.05) is 32.8 Å². The Morgan fingerprint density at radius 2 is 1.96 bits per heavy atom. The first-order chi connectivity index (χ1) is 11.2. The molecule has 1 atom stereocenters. The summed E-state index contributed by atoms with van der Waals surface area (Å²) in [6, 6.07) is 1.28. The molecule has 0 saturated carbocycles. The predicted octanol–water partition coefficient (Wildman–Crippen LogP) is 1.01. The number of ether oxygens (including phenoxy) is 1. The lowest BCUT2D eigenvalue weighted by atomic mass is 9.99. The lowest BCUT2D eigenvalue weighted by Gasteiger charge is -2.38. The Balaban J connectivity index is 0.00000208. The number of hydrogen-bond donors (Lipinski definition) is 1. The van der Waals surface area contributed by atoms with Crippen molar-refractivity contribution in [1.29, 1.82) is 0 Å². The van der Waals surface area contributed by atoms with Gasteiger partial charge in [-0.2, -0.15) is 0 Å². The molecule has 2 saturated heterocycles. The van der Waals surface area contributed by atoms with E-state index in [-0.39, 0.29) is 36.8 Å². The average Bonchev–Trinajstić information content (AvgIpc) is 3.10. The van der Waals surface area contributed by atoms with E-state index in [4.69, 9.17) is 14.9 Å². The van der Waals surface area contributed by atoms with Crippen LogP contribution in [-0.4, -0.2) is 60.5 Å². The van der Waals surface area contributed by atoms with E-state index in [0.717, 1.165) is 12.8 Å². The Bertz CT molecular complexity index is 571. The summed E-state index contributed by atoms with van der Waals surface area (Å²) in [6.07, 6.45) is 4.02. The molecule has 7 nitrogen and oxygen atoms in total. The molecule has 8 heteroatoms. The highest BCUT2D eigenvalue weighted by Crippen LogP contribution is 2.22. The van der Waals surface area contributed by atoms with Crippen LogP contribution in [-0.2, 0) is 16.1 Å². The van der Waals surface area contributed by atoms with E-state index in [0.29, 0.717) is 50.6 Å². The Morgan fingerprint density at radius 3 is 2.62 bits per heavy atom. The van der Waals surface area contributed by atoms with Crippen molar-refractivity contribution in [3.05, 3.63) is 23.7 Å². The maximum atomic E-state index is 12.8. The molecule has 134 valence electrons.